The molecular formula is C9H14N6O4. The second-order valence-corrected chi connectivity index (χ2v) is 3.75. The zero-order valence-corrected chi connectivity index (χ0v) is 10.2. The number of carbonyl (C=O) groups is 3. The summed E-state index contributed by atoms with van der Waals surface area (Å²) in [6.07, 6.45) is 0.981. The summed E-state index contributed by atoms with van der Waals surface area (Å²) in [6.45, 7) is 0.0746. The van der Waals surface area contributed by atoms with Crippen molar-refractivity contribution in [3.8, 4) is 0 Å². The normalized spacial score (nSPS) is 11.6. The summed E-state index contributed by atoms with van der Waals surface area (Å²) < 4.78 is 1.60. The molecule has 1 heterocycles. The molecule has 0 radical (unpaired) electrons. The highest BCUT2D eigenvalue weighted by Crippen LogP contribution is 1.93. The number of aryl methyl sites for hydroxylation is 1. The van der Waals surface area contributed by atoms with E-state index in [9.17, 15) is 14.4 Å². The number of hydrogen-bond donors (Lipinski definition) is 4. The lowest BCUT2D eigenvalue weighted by atomic mass is 10.2. The average molecular weight is 270 g/mol. The summed E-state index contributed by atoms with van der Waals surface area (Å²) in [6, 6.07) is -2.10. The molecular weight excluding hydrogens is 256 g/mol. The Kier molecular flexibility index (Phi) is 4.80. The molecule has 10 nitrogen and oxygen atoms in total. The predicted octanol–water partition coefficient (Wildman–Crippen LogP) is -2.06. The van der Waals surface area contributed by atoms with Crippen LogP contribution < -0.4 is 16.4 Å². The number of carboxylic acid groups (broad SMARTS) is 1. The first-order valence-corrected chi connectivity index (χ1v) is 5.28. The maximum atomic E-state index is 11.5. The van der Waals surface area contributed by atoms with Gasteiger partial charge < -0.3 is 26.0 Å². The van der Waals surface area contributed by atoms with Gasteiger partial charge in [-0.25, -0.2) is 9.59 Å². The molecule has 0 fully saturated rings. The maximum Gasteiger partial charge on any atom is 0.326 e. The minimum absolute atomic E-state index is 0.0746. The summed E-state index contributed by atoms with van der Waals surface area (Å²) >= 11 is 0. The topological polar surface area (TPSA) is 152 Å². The van der Waals surface area contributed by atoms with E-state index in [0.29, 0.717) is 5.82 Å². The smallest absolute Gasteiger partial charge is 0.326 e. The predicted molar refractivity (Wildman–Crippen MR) is 61.6 cm³/mol. The number of urea groups is 1. The van der Waals surface area contributed by atoms with Gasteiger partial charge in [0.05, 0.1) is 13.0 Å². The Labute approximate surface area is 108 Å². The molecule has 1 aromatic heterocycles. The van der Waals surface area contributed by atoms with Crippen LogP contribution in [0.3, 0.4) is 0 Å². The van der Waals surface area contributed by atoms with Gasteiger partial charge in [-0.15, -0.1) is 10.2 Å². The highest BCUT2D eigenvalue weighted by atomic mass is 16.4. The van der Waals surface area contributed by atoms with Crippen LogP contribution in [0.15, 0.2) is 6.33 Å². The van der Waals surface area contributed by atoms with Crippen molar-refractivity contribution < 1.29 is 19.5 Å². The van der Waals surface area contributed by atoms with Gasteiger partial charge in [-0.3, -0.25) is 4.79 Å². The molecule has 1 aromatic rings. The molecule has 0 spiro atoms. The SMILES string of the molecule is Cn1cnnc1CNC(=O)N[C@@H](CC(N)=O)C(=O)O. The molecule has 5 N–H and O–H groups in total. The van der Waals surface area contributed by atoms with E-state index in [1.54, 1.807) is 11.6 Å². The van der Waals surface area contributed by atoms with E-state index >= 15 is 0 Å². The van der Waals surface area contributed by atoms with Gasteiger partial charge in [0.2, 0.25) is 5.91 Å². The molecule has 3 amide bonds. The molecule has 0 aliphatic heterocycles. The van der Waals surface area contributed by atoms with Crippen LogP contribution in [0.4, 0.5) is 4.79 Å². The van der Waals surface area contributed by atoms with E-state index in [2.05, 4.69) is 20.8 Å². The van der Waals surface area contributed by atoms with Gasteiger partial charge in [-0.1, -0.05) is 0 Å². The third kappa shape index (κ3) is 4.61. The van der Waals surface area contributed by atoms with Gasteiger partial charge in [0.15, 0.2) is 5.82 Å². The summed E-state index contributed by atoms with van der Waals surface area (Å²) in [5, 5.41) is 20.7. The van der Waals surface area contributed by atoms with Crippen LogP contribution in [0.2, 0.25) is 0 Å². The van der Waals surface area contributed by atoms with Crippen LogP contribution in [0, 0.1) is 0 Å². The van der Waals surface area contributed by atoms with Crippen molar-refractivity contribution in [2.75, 3.05) is 0 Å². The van der Waals surface area contributed by atoms with Gasteiger partial charge >= 0.3 is 12.0 Å². The number of carboxylic acids is 1. The first kappa shape index (κ1) is 14.4. The van der Waals surface area contributed by atoms with Gasteiger partial charge in [-0.2, -0.15) is 0 Å². The number of amides is 3. The minimum atomic E-state index is -1.36. The van der Waals surface area contributed by atoms with E-state index in [1.807, 2.05) is 0 Å². The number of primary amides is 1. The number of hydrogen-bond acceptors (Lipinski definition) is 5. The fraction of sp³-hybridized carbons (Fsp3) is 0.444. The van der Waals surface area contributed by atoms with Gasteiger partial charge in [0.1, 0.15) is 12.4 Å². The van der Waals surface area contributed by atoms with Crippen LogP contribution in [0.5, 0.6) is 0 Å². The second kappa shape index (κ2) is 6.33. The highest BCUT2D eigenvalue weighted by molar-refractivity contribution is 5.87. The van der Waals surface area contributed by atoms with Crippen LogP contribution in [-0.4, -0.2) is 43.8 Å². The van der Waals surface area contributed by atoms with E-state index in [1.165, 1.54) is 6.33 Å². The Morgan fingerprint density at radius 3 is 2.68 bits per heavy atom. The van der Waals surface area contributed by atoms with Gasteiger partial charge in [-0.05, 0) is 0 Å². The van der Waals surface area contributed by atoms with Gasteiger partial charge in [0.25, 0.3) is 0 Å². The molecule has 0 aliphatic carbocycles. The fourth-order valence-corrected chi connectivity index (χ4v) is 1.24. The quantitative estimate of drug-likeness (QED) is 0.466. The molecule has 0 bridgehead atoms. The molecule has 0 aromatic carbocycles. The third-order valence-electron chi connectivity index (χ3n) is 2.22. The van der Waals surface area contributed by atoms with Crippen molar-refractivity contribution in [2.45, 2.75) is 19.0 Å². The highest BCUT2D eigenvalue weighted by Gasteiger charge is 2.22. The number of nitrogens with one attached hydrogen (secondary N) is 2. The number of rotatable bonds is 6. The Bertz CT molecular complexity index is 485. The van der Waals surface area contributed by atoms with Crippen LogP contribution >= 0.6 is 0 Å². The molecule has 104 valence electrons. The van der Waals surface area contributed by atoms with E-state index in [4.69, 9.17) is 10.8 Å². The van der Waals surface area contributed by atoms with Crippen LogP contribution in [0.1, 0.15) is 12.2 Å². The number of carbonyl (C=O) groups excluding carboxylic acids is 2. The van der Waals surface area contributed by atoms with Gasteiger partial charge in [0, 0.05) is 7.05 Å². The maximum absolute atomic E-state index is 11.5. The Morgan fingerprint density at radius 2 is 2.21 bits per heavy atom. The minimum Gasteiger partial charge on any atom is -0.480 e. The number of nitrogens with zero attached hydrogens (tertiary/aromatic N) is 3. The molecule has 0 unspecified atom stereocenters. The Hall–Kier alpha value is -2.65. The van der Waals surface area contributed by atoms with Crippen molar-refractivity contribution in [1.82, 2.24) is 25.4 Å². The largest absolute Gasteiger partial charge is 0.480 e. The third-order valence-corrected chi connectivity index (χ3v) is 2.22. The van der Waals surface area contributed by atoms with Crippen molar-refractivity contribution in [3.63, 3.8) is 0 Å². The molecule has 1 rings (SSSR count). The lowest BCUT2D eigenvalue weighted by Crippen LogP contribution is -2.47. The molecule has 10 heteroatoms. The summed E-state index contributed by atoms with van der Waals surface area (Å²) in [4.78, 5) is 32.9. The molecule has 0 saturated carbocycles. The van der Waals surface area contributed by atoms with Crippen LogP contribution in [-0.2, 0) is 23.2 Å². The number of nitrogens with two attached hydrogens (primary N) is 1. The Morgan fingerprint density at radius 1 is 1.53 bits per heavy atom. The van der Waals surface area contributed by atoms with Crippen molar-refractivity contribution in [2.24, 2.45) is 12.8 Å². The van der Waals surface area contributed by atoms with E-state index in [0.717, 1.165) is 0 Å². The zero-order chi connectivity index (χ0) is 14.4. The summed E-state index contributed by atoms with van der Waals surface area (Å²) in [5.74, 6) is -1.66. The summed E-state index contributed by atoms with van der Waals surface area (Å²) in [5.41, 5.74) is 4.88. The van der Waals surface area contributed by atoms with Crippen molar-refractivity contribution >= 4 is 17.9 Å². The number of aliphatic carboxylic acids is 1. The standard InChI is InChI=1S/C9H14N6O4/c1-15-4-12-14-7(15)3-11-9(19)13-5(8(17)18)2-6(10)16/h4-5H,2-3H2,1H3,(H2,10,16)(H,17,18)(H2,11,13,19)/t5-/m0/s1. The fourth-order valence-electron chi connectivity index (χ4n) is 1.24. The first-order chi connectivity index (χ1) is 8.90. The lowest BCUT2D eigenvalue weighted by Gasteiger charge is -2.13. The first-order valence-electron chi connectivity index (χ1n) is 5.28. The number of aromatic nitrogens is 3. The molecule has 1 atom stereocenters. The molecule has 19 heavy (non-hydrogen) atoms. The summed E-state index contributed by atoms with van der Waals surface area (Å²) in [7, 11) is 1.70. The monoisotopic (exact) mass is 270 g/mol. The average Bonchev–Trinajstić information content (AvgIpc) is 2.70. The van der Waals surface area contributed by atoms with Crippen LogP contribution in [0.25, 0.3) is 0 Å². The van der Waals surface area contributed by atoms with E-state index < -0.39 is 30.4 Å². The zero-order valence-electron chi connectivity index (χ0n) is 10.2. The molecule has 0 saturated heterocycles. The second-order valence-electron chi connectivity index (χ2n) is 3.75. The van der Waals surface area contributed by atoms with E-state index in [-0.39, 0.29) is 6.54 Å². The Balaban J connectivity index is 2.47. The molecule has 0 aliphatic rings. The van der Waals surface area contributed by atoms with Crippen molar-refractivity contribution in [1.29, 1.82) is 0 Å². The lowest BCUT2D eigenvalue weighted by molar-refractivity contribution is -0.140. The van der Waals surface area contributed by atoms with Crippen molar-refractivity contribution in [3.05, 3.63) is 12.2 Å².